The Morgan fingerprint density at radius 2 is 2.30 bits per heavy atom. The predicted molar refractivity (Wildman–Crippen MR) is 70.9 cm³/mol. The van der Waals surface area contributed by atoms with Crippen molar-refractivity contribution in [1.82, 2.24) is 30.1 Å². The molecule has 8 heteroatoms. The Hall–Kier alpha value is -2.38. The molecule has 0 atom stereocenters. The fourth-order valence-electron chi connectivity index (χ4n) is 1.80. The van der Waals surface area contributed by atoms with Gasteiger partial charge in [0.05, 0.1) is 18.8 Å². The Labute approximate surface area is 116 Å². The van der Waals surface area contributed by atoms with Gasteiger partial charge in [0.15, 0.2) is 0 Å². The molecule has 2 amide bonds. The Balaban J connectivity index is 1.80. The zero-order valence-electron chi connectivity index (χ0n) is 11.8. The third-order valence-corrected chi connectivity index (χ3v) is 3.01. The maximum atomic E-state index is 11.9. The van der Waals surface area contributed by atoms with Gasteiger partial charge >= 0.3 is 6.03 Å². The molecular weight excluding hydrogens is 260 g/mol. The van der Waals surface area contributed by atoms with Gasteiger partial charge in [-0.15, -0.1) is 0 Å². The van der Waals surface area contributed by atoms with Crippen molar-refractivity contribution in [3.05, 3.63) is 29.7 Å². The molecule has 8 nitrogen and oxygen atoms in total. The Morgan fingerprint density at radius 3 is 2.90 bits per heavy atom. The number of hydrogen-bond donors (Lipinski definition) is 1. The lowest BCUT2D eigenvalue weighted by molar-refractivity contribution is 0.206. The molecule has 108 valence electrons. The number of nitrogens with zero attached hydrogens (tertiary/aromatic N) is 5. The van der Waals surface area contributed by atoms with Crippen LogP contribution in [0, 0.1) is 13.8 Å². The average molecular weight is 278 g/mol. The molecule has 2 aromatic rings. The highest BCUT2D eigenvalue weighted by Gasteiger charge is 2.14. The monoisotopic (exact) mass is 278 g/mol. The summed E-state index contributed by atoms with van der Waals surface area (Å²) in [6.45, 7) is 5.25. The fourth-order valence-corrected chi connectivity index (χ4v) is 1.80. The van der Waals surface area contributed by atoms with Gasteiger partial charge in [-0.1, -0.05) is 5.16 Å². The highest BCUT2D eigenvalue weighted by atomic mass is 16.5. The molecule has 1 N–H and O–H groups in total. The Kier molecular flexibility index (Phi) is 4.34. The zero-order valence-corrected chi connectivity index (χ0v) is 11.8. The number of nitrogens with one attached hydrogen (secondary N) is 1. The van der Waals surface area contributed by atoms with Gasteiger partial charge in [-0.2, -0.15) is 5.10 Å². The minimum Gasteiger partial charge on any atom is -0.361 e. The van der Waals surface area contributed by atoms with E-state index in [0.29, 0.717) is 19.6 Å². The SMILES string of the molecule is Cc1noc(C)c1CN(C)C(=O)NCCn1cncn1. The van der Waals surface area contributed by atoms with E-state index in [9.17, 15) is 4.79 Å². The number of urea groups is 1. The van der Waals surface area contributed by atoms with Gasteiger partial charge < -0.3 is 14.7 Å². The third kappa shape index (κ3) is 3.34. The van der Waals surface area contributed by atoms with Crippen LogP contribution in [0.5, 0.6) is 0 Å². The van der Waals surface area contributed by atoms with Crippen LogP contribution in [0.25, 0.3) is 0 Å². The van der Waals surface area contributed by atoms with E-state index in [1.807, 2.05) is 13.8 Å². The van der Waals surface area contributed by atoms with E-state index in [4.69, 9.17) is 4.52 Å². The molecule has 0 saturated heterocycles. The normalized spacial score (nSPS) is 10.6. The van der Waals surface area contributed by atoms with E-state index in [1.165, 1.54) is 6.33 Å². The Morgan fingerprint density at radius 1 is 1.50 bits per heavy atom. The molecule has 0 spiro atoms. The van der Waals surface area contributed by atoms with Crippen LogP contribution in [0.3, 0.4) is 0 Å². The number of rotatable bonds is 5. The van der Waals surface area contributed by atoms with Crippen molar-refractivity contribution in [3.8, 4) is 0 Å². The van der Waals surface area contributed by atoms with Crippen LogP contribution in [0.2, 0.25) is 0 Å². The van der Waals surface area contributed by atoms with E-state index in [2.05, 4.69) is 20.6 Å². The van der Waals surface area contributed by atoms with E-state index >= 15 is 0 Å². The second-order valence-corrected chi connectivity index (χ2v) is 4.55. The first-order valence-electron chi connectivity index (χ1n) is 6.31. The molecule has 0 radical (unpaired) electrons. The molecule has 0 aromatic carbocycles. The topological polar surface area (TPSA) is 89.1 Å². The quantitative estimate of drug-likeness (QED) is 0.870. The lowest BCUT2D eigenvalue weighted by Gasteiger charge is -2.17. The number of carbonyl (C=O) groups excluding carboxylic acids is 1. The van der Waals surface area contributed by atoms with Gasteiger partial charge in [-0.3, -0.25) is 4.68 Å². The summed E-state index contributed by atoms with van der Waals surface area (Å²) in [5, 5.41) is 10.7. The van der Waals surface area contributed by atoms with Gasteiger partial charge in [-0.05, 0) is 13.8 Å². The second-order valence-electron chi connectivity index (χ2n) is 4.55. The number of amides is 2. The summed E-state index contributed by atoms with van der Waals surface area (Å²) < 4.78 is 6.74. The summed E-state index contributed by atoms with van der Waals surface area (Å²) in [6.07, 6.45) is 3.07. The highest BCUT2D eigenvalue weighted by Crippen LogP contribution is 2.13. The molecular formula is C12H18N6O2. The molecule has 0 bridgehead atoms. The summed E-state index contributed by atoms with van der Waals surface area (Å²) in [5.74, 6) is 0.741. The van der Waals surface area contributed by atoms with Crippen LogP contribution >= 0.6 is 0 Å². The van der Waals surface area contributed by atoms with E-state index in [-0.39, 0.29) is 6.03 Å². The molecule has 0 aliphatic rings. The van der Waals surface area contributed by atoms with Crippen LogP contribution in [0.15, 0.2) is 17.2 Å². The molecule has 0 aliphatic carbocycles. The lowest BCUT2D eigenvalue weighted by atomic mass is 10.2. The minimum atomic E-state index is -0.148. The second kappa shape index (κ2) is 6.18. The van der Waals surface area contributed by atoms with Crippen LogP contribution in [-0.4, -0.2) is 44.4 Å². The van der Waals surface area contributed by atoms with Crippen molar-refractivity contribution in [2.45, 2.75) is 26.9 Å². The third-order valence-electron chi connectivity index (χ3n) is 3.01. The highest BCUT2D eigenvalue weighted by molar-refractivity contribution is 5.73. The minimum absolute atomic E-state index is 0.148. The van der Waals surface area contributed by atoms with Crippen LogP contribution in [0.4, 0.5) is 4.79 Å². The largest absolute Gasteiger partial charge is 0.361 e. The molecule has 2 rings (SSSR count). The molecule has 0 fully saturated rings. The maximum Gasteiger partial charge on any atom is 0.317 e. The lowest BCUT2D eigenvalue weighted by Crippen LogP contribution is -2.38. The first-order valence-corrected chi connectivity index (χ1v) is 6.31. The van der Waals surface area contributed by atoms with Crippen molar-refractivity contribution in [2.75, 3.05) is 13.6 Å². The standard InChI is InChI=1S/C12H18N6O2/c1-9-11(10(2)20-16-9)6-17(3)12(19)14-4-5-18-8-13-7-15-18/h7-8H,4-6H2,1-3H3,(H,14,19). The molecule has 0 unspecified atom stereocenters. The fraction of sp³-hybridized carbons (Fsp3) is 0.500. The van der Waals surface area contributed by atoms with Crippen molar-refractivity contribution < 1.29 is 9.32 Å². The maximum absolute atomic E-state index is 11.9. The van der Waals surface area contributed by atoms with Crippen molar-refractivity contribution in [3.63, 3.8) is 0 Å². The molecule has 2 heterocycles. The summed E-state index contributed by atoms with van der Waals surface area (Å²) in [5.41, 5.74) is 1.75. The van der Waals surface area contributed by atoms with Gasteiger partial charge in [0.25, 0.3) is 0 Å². The smallest absolute Gasteiger partial charge is 0.317 e. The Bertz CT molecular complexity index is 543. The van der Waals surface area contributed by atoms with Crippen LogP contribution < -0.4 is 5.32 Å². The number of hydrogen-bond acceptors (Lipinski definition) is 5. The van der Waals surface area contributed by atoms with Gasteiger partial charge in [0, 0.05) is 19.2 Å². The molecule has 0 saturated carbocycles. The summed E-state index contributed by atoms with van der Waals surface area (Å²) in [7, 11) is 1.73. The van der Waals surface area contributed by atoms with Crippen molar-refractivity contribution >= 4 is 6.03 Å². The van der Waals surface area contributed by atoms with Gasteiger partial charge in [-0.25, -0.2) is 9.78 Å². The van der Waals surface area contributed by atoms with Crippen LogP contribution in [-0.2, 0) is 13.1 Å². The summed E-state index contributed by atoms with van der Waals surface area (Å²) in [4.78, 5) is 17.4. The first-order chi connectivity index (χ1) is 9.58. The number of aryl methyl sites for hydroxylation is 2. The average Bonchev–Trinajstić information content (AvgIpc) is 3.03. The summed E-state index contributed by atoms with van der Waals surface area (Å²) in [6, 6.07) is -0.148. The van der Waals surface area contributed by atoms with Crippen molar-refractivity contribution in [2.24, 2.45) is 0 Å². The van der Waals surface area contributed by atoms with Crippen LogP contribution in [0.1, 0.15) is 17.0 Å². The number of carbonyl (C=O) groups is 1. The molecule has 20 heavy (non-hydrogen) atoms. The summed E-state index contributed by atoms with van der Waals surface area (Å²) >= 11 is 0. The predicted octanol–water partition coefficient (Wildman–Crippen LogP) is 0.725. The van der Waals surface area contributed by atoms with Gasteiger partial charge in [0.1, 0.15) is 18.4 Å². The zero-order chi connectivity index (χ0) is 14.5. The van der Waals surface area contributed by atoms with E-state index < -0.39 is 0 Å². The first kappa shape index (κ1) is 14.0. The van der Waals surface area contributed by atoms with E-state index in [1.54, 1.807) is 23.0 Å². The number of aromatic nitrogens is 4. The molecule has 0 aliphatic heterocycles. The van der Waals surface area contributed by atoms with Gasteiger partial charge in [0.2, 0.25) is 0 Å². The molecule has 2 aromatic heterocycles. The van der Waals surface area contributed by atoms with E-state index in [0.717, 1.165) is 17.0 Å². The van der Waals surface area contributed by atoms with Crippen molar-refractivity contribution in [1.29, 1.82) is 0 Å².